The quantitative estimate of drug-likeness (QED) is 0.438. The Morgan fingerprint density at radius 3 is 2.24 bits per heavy atom. The van der Waals surface area contributed by atoms with Crippen molar-refractivity contribution in [3.05, 3.63) is 95.6 Å². The molecule has 3 N–H and O–H groups in total. The summed E-state index contributed by atoms with van der Waals surface area (Å²) in [6.07, 6.45) is 2.08. The number of fused-ring (bicyclic) bond motifs is 3. The molecule has 3 aromatic rings. The number of amides is 1. The highest BCUT2D eigenvalue weighted by Crippen LogP contribution is 2.44. The maximum absolute atomic E-state index is 12.5. The van der Waals surface area contributed by atoms with Gasteiger partial charge in [0.25, 0.3) is 0 Å². The SMILES string of the molecule is COc1ccc(S(C)(=O)=O)cc1CN[C@H]1[C@H]2CCN(C[C@@H]2C(N)=O)[C@H]1C(c1ccccc1)c1ccccc1. The van der Waals surface area contributed by atoms with E-state index in [0.717, 1.165) is 18.5 Å². The second-order valence-corrected chi connectivity index (χ2v) is 12.4. The summed E-state index contributed by atoms with van der Waals surface area (Å²) < 4.78 is 30.1. The van der Waals surface area contributed by atoms with Crippen molar-refractivity contribution in [3.8, 4) is 5.75 Å². The van der Waals surface area contributed by atoms with Gasteiger partial charge < -0.3 is 15.8 Å². The van der Waals surface area contributed by atoms with E-state index in [9.17, 15) is 13.2 Å². The second kappa shape index (κ2) is 10.9. The van der Waals surface area contributed by atoms with E-state index in [-0.39, 0.29) is 40.6 Å². The van der Waals surface area contributed by atoms with Gasteiger partial charge in [-0.25, -0.2) is 8.42 Å². The van der Waals surface area contributed by atoms with Crippen LogP contribution in [0.4, 0.5) is 0 Å². The number of nitrogens with two attached hydrogens (primary N) is 1. The molecule has 1 unspecified atom stereocenters. The van der Waals surface area contributed by atoms with Gasteiger partial charge in [-0.15, -0.1) is 0 Å². The number of hydrogen-bond donors (Lipinski definition) is 2. The normalized spacial score (nSPS) is 24.9. The van der Waals surface area contributed by atoms with E-state index in [1.165, 1.54) is 17.4 Å². The Morgan fingerprint density at radius 2 is 1.68 bits per heavy atom. The van der Waals surface area contributed by atoms with Gasteiger partial charge in [0.05, 0.1) is 17.9 Å². The number of piperidine rings is 3. The van der Waals surface area contributed by atoms with Gasteiger partial charge in [0, 0.05) is 42.9 Å². The number of sulfone groups is 1. The van der Waals surface area contributed by atoms with Crippen LogP contribution in [0.2, 0.25) is 0 Å². The number of rotatable bonds is 9. The summed E-state index contributed by atoms with van der Waals surface area (Å²) in [4.78, 5) is 15.2. The average Bonchev–Trinajstić information content (AvgIpc) is 2.93. The van der Waals surface area contributed by atoms with Gasteiger partial charge in [-0.2, -0.15) is 0 Å². The molecular weight excluding hydrogens is 498 g/mol. The fourth-order valence-corrected chi connectivity index (χ4v) is 7.10. The van der Waals surface area contributed by atoms with Crippen LogP contribution in [0.15, 0.2) is 83.8 Å². The van der Waals surface area contributed by atoms with E-state index in [1.807, 2.05) is 12.1 Å². The lowest BCUT2D eigenvalue weighted by Gasteiger charge is -2.56. The zero-order chi connectivity index (χ0) is 26.9. The summed E-state index contributed by atoms with van der Waals surface area (Å²) in [5.74, 6) is 0.264. The molecule has 200 valence electrons. The van der Waals surface area contributed by atoms with Crippen LogP contribution in [0.3, 0.4) is 0 Å². The first-order valence-electron chi connectivity index (χ1n) is 13.0. The van der Waals surface area contributed by atoms with Crippen LogP contribution in [-0.4, -0.2) is 57.8 Å². The molecule has 3 fully saturated rings. The van der Waals surface area contributed by atoms with Crippen LogP contribution < -0.4 is 15.8 Å². The number of carbonyl (C=O) groups excluding carboxylic acids is 1. The molecule has 38 heavy (non-hydrogen) atoms. The lowest BCUT2D eigenvalue weighted by Crippen LogP contribution is -2.68. The molecule has 6 rings (SSSR count). The van der Waals surface area contributed by atoms with Crippen molar-refractivity contribution in [2.24, 2.45) is 17.6 Å². The number of nitrogens with one attached hydrogen (secondary N) is 1. The molecule has 0 radical (unpaired) electrons. The van der Waals surface area contributed by atoms with Crippen LogP contribution in [0, 0.1) is 11.8 Å². The second-order valence-electron chi connectivity index (χ2n) is 10.4. The monoisotopic (exact) mass is 533 g/mol. The van der Waals surface area contributed by atoms with Gasteiger partial charge in [-0.3, -0.25) is 9.69 Å². The van der Waals surface area contributed by atoms with Crippen molar-refractivity contribution in [3.63, 3.8) is 0 Å². The molecule has 3 aliphatic heterocycles. The van der Waals surface area contributed by atoms with Crippen molar-refractivity contribution < 1.29 is 17.9 Å². The number of benzene rings is 3. The van der Waals surface area contributed by atoms with E-state index in [2.05, 4.69) is 58.7 Å². The predicted molar refractivity (Wildman–Crippen MR) is 148 cm³/mol. The van der Waals surface area contributed by atoms with Gasteiger partial charge in [0.15, 0.2) is 9.84 Å². The summed E-state index contributed by atoms with van der Waals surface area (Å²) in [6, 6.07) is 26.0. The van der Waals surface area contributed by atoms with Gasteiger partial charge >= 0.3 is 0 Å². The van der Waals surface area contributed by atoms with Crippen molar-refractivity contribution >= 4 is 15.7 Å². The molecule has 3 aliphatic rings. The number of hydrogen-bond acceptors (Lipinski definition) is 6. The molecule has 7 nitrogen and oxygen atoms in total. The molecule has 3 saturated heterocycles. The first kappa shape index (κ1) is 26.4. The van der Waals surface area contributed by atoms with E-state index in [0.29, 0.717) is 18.8 Å². The first-order chi connectivity index (χ1) is 18.3. The van der Waals surface area contributed by atoms with Crippen molar-refractivity contribution in [1.82, 2.24) is 10.2 Å². The van der Waals surface area contributed by atoms with Crippen LogP contribution in [0.25, 0.3) is 0 Å². The molecule has 0 spiro atoms. The van der Waals surface area contributed by atoms with E-state index in [4.69, 9.17) is 10.5 Å². The highest BCUT2D eigenvalue weighted by molar-refractivity contribution is 7.90. The maximum atomic E-state index is 12.5. The Morgan fingerprint density at radius 1 is 1.05 bits per heavy atom. The van der Waals surface area contributed by atoms with E-state index < -0.39 is 9.84 Å². The average molecular weight is 534 g/mol. The van der Waals surface area contributed by atoms with Crippen LogP contribution in [0.5, 0.6) is 5.75 Å². The minimum absolute atomic E-state index is 0.0491. The standard InChI is InChI=1S/C30H35N3O4S/c1-37-26-14-13-23(38(2,35)36)17-22(26)18-32-28-24-15-16-33(19-25(24)30(31)34)29(28)27(20-9-5-3-6-10-20)21-11-7-4-8-12-21/h3-14,17,24-25,27-29,32H,15-16,18-19H2,1-2H3,(H2,31,34)/t24-,25-,28-,29-/m0/s1. The zero-order valence-electron chi connectivity index (χ0n) is 21.8. The Labute approximate surface area is 224 Å². The minimum atomic E-state index is -3.37. The third kappa shape index (κ3) is 5.21. The summed E-state index contributed by atoms with van der Waals surface area (Å²) in [5, 5.41) is 3.75. The van der Waals surface area contributed by atoms with Crippen LogP contribution >= 0.6 is 0 Å². The largest absolute Gasteiger partial charge is 0.496 e. The number of methoxy groups -OCH3 is 1. The summed E-state index contributed by atoms with van der Waals surface area (Å²) >= 11 is 0. The first-order valence-corrected chi connectivity index (χ1v) is 14.9. The number of ether oxygens (including phenoxy) is 1. The minimum Gasteiger partial charge on any atom is -0.496 e. The molecule has 1 amide bonds. The third-order valence-corrected chi connectivity index (χ3v) is 9.29. The Hall–Kier alpha value is -3.20. The fraction of sp³-hybridized carbons (Fsp3) is 0.367. The third-order valence-electron chi connectivity index (χ3n) is 8.18. The van der Waals surface area contributed by atoms with E-state index >= 15 is 0 Å². The molecule has 3 heterocycles. The van der Waals surface area contributed by atoms with Crippen molar-refractivity contribution in [2.75, 3.05) is 26.5 Å². The summed E-state index contributed by atoms with van der Waals surface area (Å²) in [7, 11) is -1.79. The Bertz CT molecular complexity index is 1340. The van der Waals surface area contributed by atoms with Gasteiger partial charge in [0.1, 0.15) is 5.75 Å². The highest BCUT2D eigenvalue weighted by atomic mass is 32.2. The molecule has 3 aromatic carbocycles. The molecule has 0 aromatic heterocycles. The smallest absolute Gasteiger partial charge is 0.222 e. The van der Waals surface area contributed by atoms with Crippen molar-refractivity contribution in [2.45, 2.75) is 35.9 Å². The Kier molecular flexibility index (Phi) is 7.56. The summed E-state index contributed by atoms with van der Waals surface area (Å²) in [6.45, 7) is 1.95. The molecular formula is C30H35N3O4S. The molecule has 0 saturated carbocycles. The number of nitrogens with zero attached hydrogens (tertiary/aromatic N) is 1. The van der Waals surface area contributed by atoms with Crippen LogP contribution in [0.1, 0.15) is 29.0 Å². The number of carbonyl (C=O) groups is 1. The fourth-order valence-electron chi connectivity index (χ4n) is 6.43. The van der Waals surface area contributed by atoms with Gasteiger partial charge in [-0.1, -0.05) is 60.7 Å². The molecule has 8 heteroatoms. The lowest BCUT2D eigenvalue weighted by molar-refractivity contribution is -0.132. The van der Waals surface area contributed by atoms with Gasteiger partial charge in [-0.05, 0) is 48.2 Å². The van der Waals surface area contributed by atoms with Crippen molar-refractivity contribution in [1.29, 1.82) is 0 Å². The van der Waals surface area contributed by atoms with E-state index in [1.54, 1.807) is 25.3 Å². The highest BCUT2D eigenvalue weighted by Gasteiger charge is 2.51. The van der Waals surface area contributed by atoms with Gasteiger partial charge in [0.2, 0.25) is 5.91 Å². The lowest BCUT2D eigenvalue weighted by atomic mass is 9.66. The molecule has 5 atom stereocenters. The molecule has 2 bridgehead atoms. The zero-order valence-corrected chi connectivity index (χ0v) is 22.6. The Balaban J connectivity index is 1.55. The molecule has 0 aliphatic carbocycles. The number of primary amides is 1. The van der Waals surface area contributed by atoms with Crippen LogP contribution in [-0.2, 0) is 21.2 Å². The topological polar surface area (TPSA) is 102 Å². The predicted octanol–water partition coefficient (Wildman–Crippen LogP) is 3.19. The maximum Gasteiger partial charge on any atom is 0.222 e. The summed E-state index contributed by atoms with van der Waals surface area (Å²) in [5.41, 5.74) is 9.10.